The molecule has 0 spiro atoms. The molecule has 1 rings (SSSR count). The van der Waals surface area contributed by atoms with Crippen LogP contribution in [0, 0.1) is 0 Å². The fourth-order valence-corrected chi connectivity index (χ4v) is 3.60. The lowest BCUT2D eigenvalue weighted by Gasteiger charge is -2.22. The molecule has 0 aliphatic carbocycles. The predicted octanol–water partition coefficient (Wildman–Crippen LogP) is 0.720. The van der Waals surface area contributed by atoms with Crippen molar-refractivity contribution in [3.8, 4) is 0 Å². The van der Waals surface area contributed by atoms with E-state index in [4.69, 9.17) is 5.73 Å². The van der Waals surface area contributed by atoms with E-state index in [0.29, 0.717) is 6.54 Å². The summed E-state index contributed by atoms with van der Waals surface area (Å²) in [6.07, 6.45) is 0. The molecule has 14 heavy (non-hydrogen) atoms. The van der Waals surface area contributed by atoms with Crippen LogP contribution in [0.25, 0.3) is 0 Å². The largest absolute Gasteiger partial charge is 0.351 e. The first-order valence-electron chi connectivity index (χ1n) is 4.44. The first-order valence-corrected chi connectivity index (χ1v) is 6.64. The van der Waals surface area contributed by atoms with E-state index in [1.54, 1.807) is 11.8 Å². The third-order valence-corrected chi connectivity index (χ3v) is 4.60. The van der Waals surface area contributed by atoms with Crippen LogP contribution < -0.4 is 11.1 Å². The molecule has 3 N–H and O–H groups in total. The lowest BCUT2D eigenvalue weighted by atomic mass is 10.3. The predicted molar refractivity (Wildman–Crippen MR) is 67.5 cm³/mol. The zero-order chi connectivity index (χ0) is 9.68. The van der Waals surface area contributed by atoms with E-state index >= 15 is 0 Å². The van der Waals surface area contributed by atoms with Gasteiger partial charge in [-0.2, -0.15) is 11.8 Å². The number of halogens is 1. The molecule has 1 fully saturated rings. The van der Waals surface area contributed by atoms with Crippen LogP contribution in [0.3, 0.4) is 0 Å². The maximum atomic E-state index is 11.6. The highest BCUT2D eigenvalue weighted by Gasteiger charge is 2.22. The van der Waals surface area contributed by atoms with Crippen LogP contribution in [0.5, 0.6) is 0 Å². The smallest absolute Gasteiger partial charge is 0.234 e. The molecule has 0 radical (unpaired) electrons. The number of hydrogen-bond acceptors (Lipinski definition) is 4. The van der Waals surface area contributed by atoms with Crippen molar-refractivity contribution in [2.24, 2.45) is 5.73 Å². The topological polar surface area (TPSA) is 55.1 Å². The van der Waals surface area contributed by atoms with Crippen LogP contribution in [0.15, 0.2) is 0 Å². The summed E-state index contributed by atoms with van der Waals surface area (Å²) in [7, 11) is 0. The molecule has 84 valence electrons. The average Bonchev–Trinajstić information content (AvgIpc) is 2.19. The van der Waals surface area contributed by atoms with Crippen molar-refractivity contribution < 1.29 is 4.79 Å². The summed E-state index contributed by atoms with van der Waals surface area (Å²) in [5.74, 6) is 3.34. The van der Waals surface area contributed by atoms with Gasteiger partial charge in [-0.25, -0.2) is 0 Å². The second kappa shape index (κ2) is 7.68. The van der Waals surface area contributed by atoms with Crippen molar-refractivity contribution in [2.75, 3.05) is 23.8 Å². The van der Waals surface area contributed by atoms with Crippen molar-refractivity contribution in [1.82, 2.24) is 5.32 Å². The van der Waals surface area contributed by atoms with Crippen LogP contribution in [-0.2, 0) is 4.79 Å². The van der Waals surface area contributed by atoms with Gasteiger partial charge in [0.15, 0.2) is 0 Å². The highest BCUT2D eigenvalue weighted by atomic mass is 35.5. The molecule has 0 bridgehead atoms. The van der Waals surface area contributed by atoms with Gasteiger partial charge >= 0.3 is 0 Å². The average molecular weight is 257 g/mol. The number of amides is 1. The van der Waals surface area contributed by atoms with E-state index in [9.17, 15) is 4.79 Å². The fraction of sp³-hybridized carbons (Fsp3) is 0.875. The van der Waals surface area contributed by atoms with Crippen molar-refractivity contribution in [3.63, 3.8) is 0 Å². The summed E-state index contributed by atoms with van der Waals surface area (Å²) in [4.78, 5) is 11.6. The molecular formula is C8H17ClN2OS2. The minimum atomic E-state index is 0. The number of carbonyl (C=O) groups is 1. The highest BCUT2D eigenvalue weighted by Crippen LogP contribution is 2.23. The zero-order valence-corrected chi connectivity index (χ0v) is 10.6. The first-order chi connectivity index (χ1) is 6.24. The number of rotatable bonds is 3. The molecule has 1 aliphatic heterocycles. The third kappa shape index (κ3) is 4.77. The molecule has 2 atom stereocenters. The monoisotopic (exact) mass is 256 g/mol. The van der Waals surface area contributed by atoms with Crippen LogP contribution in [-0.4, -0.2) is 41.0 Å². The van der Waals surface area contributed by atoms with Gasteiger partial charge in [-0.3, -0.25) is 4.79 Å². The van der Waals surface area contributed by atoms with E-state index < -0.39 is 0 Å². The fourth-order valence-electron chi connectivity index (χ4n) is 1.03. The van der Waals surface area contributed by atoms with Crippen molar-refractivity contribution >= 4 is 41.8 Å². The van der Waals surface area contributed by atoms with Crippen LogP contribution in [0.4, 0.5) is 0 Å². The number of thioether (sulfide) groups is 2. The molecule has 1 heterocycles. The Morgan fingerprint density at radius 1 is 1.64 bits per heavy atom. The summed E-state index contributed by atoms with van der Waals surface area (Å²) < 4.78 is 0. The Morgan fingerprint density at radius 3 is 2.86 bits per heavy atom. The van der Waals surface area contributed by atoms with E-state index in [1.807, 2.05) is 18.7 Å². The van der Waals surface area contributed by atoms with E-state index in [1.165, 1.54) is 5.75 Å². The number of nitrogens with one attached hydrogen (secondary N) is 1. The maximum Gasteiger partial charge on any atom is 0.234 e. The Balaban J connectivity index is 0.00000169. The van der Waals surface area contributed by atoms with E-state index in [0.717, 1.165) is 11.5 Å². The summed E-state index contributed by atoms with van der Waals surface area (Å²) in [6, 6.07) is 0.0972. The van der Waals surface area contributed by atoms with Gasteiger partial charge in [0.05, 0.1) is 5.25 Å². The maximum absolute atomic E-state index is 11.6. The quantitative estimate of drug-likeness (QED) is 0.782. The van der Waals surface area contributed by atoms with Gasteiger partial charge in [-0.15, -0.1) is 24.2 Å². The molecule has 0 aromatic carbocycles. The van der Waals surface area contributed by atoms with Crippen LogP contribution >= 0.6 is 35.9 Å². The van der Waals surface area contributed by atoms with Gasteiger partial charge in [0.25, 0.3) is 0 Å². The van der Waals surface area contributed by atoms with Crippen LogP contribution in [0.1, 0.15) is 6.92 Å². The number of nitrogens with two attached hydrogens (primary N) is 1. The lowest BCUT2D eigenvalue weighted by molar-refractivity contribution is -0.120. The van der Waals surface area contributed by atoms with E-state index in [2.05, 4.69) is 5.32 Å². The molecule has 0 aromatic heterocycles. The molecule has 6 heteroatoms. The molecule has 0 aromatic rings. The Labute approximate surface area is 99.7 Å². The van der Waals surface area contributed by atoms with Gasteiger partial charge in [0.1, 0.15) is 0 Å². The molecule has 1 saturated heterocycles. The van der Waals surface area contributed by atoms with Crippen molar-refractivity contribution in [2.45, 2.75) is 18.2 Å². The summed E-state index contributed by atoms with van der Waals surface area (Å²) in [5, 5.41) is 3.03. The van der Waals surface area contributed by atoms with Crippen molar-refractivity contribution in [3.05, 3.63) is 0 Å². The van der Waals surface area contributed by atoms with Gasteiger partial charge < -0.3 is 11.1 Å². The Morgan fingerprint density at radius 2 is 2.36 bits per heavy atom. The minimum absolute atomic E-state index is 0. The summed E-state index contributed by atoms with van der Waals surface area (Å²) in [5.41, 5.74) is 5.42. The number of carbonyl (C=O) groups excluding carboxylic acids is 1. The molecule has 0 saturated carbocycles. The summed E-state index contributed by atoms with van der Waals surface area (Å²) >= 11 is 3.60. The molecule has 3 nitrogen and oxygen atoms in total. The van der Waals surface area contributed by atoms with Gasteiger partial charge in [0.2, 0.25) is 5.91 Å². The normalized spacial score (nSPS) is 23.4. The van der Waals surface area contributed by atoms with Gasteiger partial charge in [-0.1, -0.05) is 0 Å². The number of hydrogen-bond donors (Lipinski definition) is 2. The van der Waals surface area contributed by atoms with Gasteiger partial charge in [0, 0.05) is 29.8 Å². The minimum Gasteiger partial charge on any atom is -0.351 e. The Hall–Kier alpha value is 0.420. The molecule has 1 aliphatic rings. The zero-order valence-electron chi connectivity index (χ0n) is 8.19. The molecule has 1 unspecified atom stereocenters. The SMILES string of the molecule is C[C@@H](CN)NC(=O)C1CSCCS1.Cl. The van der Waals surface area contributed by atoms with Gasteiger partial charge in [-0.05, 0) is 6.92 Å². The lowest BCUT2D eigenvalue weighted by Crippen LogP contribution is -2.43. The summed E-state index contributed by atoms with van der Waals surface area (Å²) in [6.45, 7) is 2.44. The molecule has 1 amide bonds. The second-order valence-electron chi connectivity index (χ2n) is 3.08. The second-order valence-corrected chi connectivity index (χ2v) is 5.54. The van der Waals surface area contributed by atoms with E-state index in [-0.39, 0.29) is 29.6 Å². The highest BCUT2D eigenvalue weighted by molar-refractivity contribution is 8.07. The molecular weight excluding hydrogens is 240 g/mol. The van der Waals surface area contributed by atoms with Crippen LogP contribution in [0.2, 0.25) is 0 Å². The third-order valence-electron chi connectivity index (χ3n) is 1.85. The Kier molecular flexibility index (Phi) is 7.91. The Bertz CT molecular complexity index is 177. The van der Waals surface area contributed by atoms with Crippen molar-refractivity contribution in [1.29, 1.82) is 0 Å². The standard InChI is InChI=1S/C8H16N2OS2.ClH/c1-6(4-9)10-8(11)7-5-12-2-3-13-7;/h6-7H,2-5,9H2,1H3,(H,10,11);1H/t6-,7?;/m0./s1. The first kappa shape index (κ1) is 14.4.